The van der Waals surface area contributed by atoms with Crippen molar-refractivity contribution in [3.8, 4) is 0 Å². The lowest BCUT2D eigenvalue weighted by Gasteiger charge is -2.19. The molecule has 1 fully saturated rings. The van der Waals surface area contributed by atoms with Crippen LogP contribution in [0.25, 0.3) is 0 Å². The first-order valence-corrected chi connectivity index (χ1v) is 7.39. The van der Waals surface area contributed by atoms with E-state index in [1.165, 1.54) is 44.3 Å². The lowest BCUT2D eigenvalue weighted by atomic mass is 9.96. The van der Waals surface area contributed by atoms with Crippen molar-refractivity contribution in [2.75, 3.05) is 0 Å². The number of nitrogens with zero attached hydrogens (tertiary/aromatic N) is 2. The van der Waals surface area contributed by atoms with Crippen LogP contribution in [0.2, 0.25) is 0 Å². The Kier molecular flexibility index (Phi) is 4.90. The summed E-state index contributed by atoms with van der Waals surface area (Å²) >= 11 is 6.50. The highest BCUT2D eigenvalue weighted by atomic mass is 35.5. The van der Waals surface area contributed by atoms with Crippen LogP contribution < -0.4 is 0 Å². The van der Waals surface area contributed by atoms with Gasteiger partial charge in [-0.1, -0.05) is 26.2 Å². The largest absolute Gasteiger partial charge is 0.335 e. The van der Waals surface area contributed by atoms with Crippen molar-refractivity contribution in [1.82, 2.24) is 9.55 Å². The Labute approximate surface area is 109 Å². The van der Waals surface area contributed by atoms with Crippen LogP contribution in [0, 0.1) is 5.92 Å². The molecule has 2 atom stereocenters. The van der Waals surface area contributed by atoms with Crippen molar-refractivity contribution in [2.45, 2.75) is 63.8 Å². The highest BCUT2D eigenvalue weighted by Crippen LogP contribution is 2.29. The van der Waals surface area contributed by atoms with Gasteiger partial charge in [0.05, 0.1) is 0 Å². The first-order valence-electron chi connectivity index (χ1n) is 6.95. The van der Waals surface area contributed by atoms with Crippen molar-refractivity contribution < 1.29 is 0 Å². The topological polar surface area (TPSA) is 17.8 Å². The van der Waals surface area contributed by atoms with Crippen LogP contribution in [0.15, 0.2) is 12.4 Å². The van der Waals surface area contributed by atoms with Crippen molar-refractivity contribution >= 4 is 11.6 Å². The van der Waals surface area contributed by atoms with Gasteiger partial charge in [-0.15, -0.1) is 11.6 Å². The molecule has 1 aromatic rings. The van der Waals surface area contributed by atoms with Crippen LogP contribution in [0.5, 0.6) is 0 Å². The Hall–Kier alpha value is -0.500. The van der Waals surface area contributed by atoms with Gasteiger partial charge < -0.3 is 4.57 Å². The molecule has 1 aliphatic rings. The molecule has 0 spiro atoms. The minimum absolute atomic E-state index is 0.351. The molecular formula is C14H23ClN2. The maximum absolute atomic E-state index is 6.50. The number of aryl methyl sites for hydroxylation is 1. The average molecular weight is 255 g/mol. The Morgan fingerprint density at radius 3 is 3.00 bits per heavy atom. The lowest BCUT2D eigenvalue weighted by Crippen LogP contribution is -2.18. The summed E-state index contributed by atoms with van der Waals surface area (Å²) in [6.45, 7) is 3.29. The van der Waals surface area contributed by atoms with E-state index < -0.39 is 0 Å². The summed E-state index contributed by atoms with van der Waals surface area (Å²) < 4.78 is 2.29. The van der Waals surface area contributed by atoms with Crippen molar-refractivity contribution in [2.24, 2.45) is 5.92 Å². The van der Waals surface area contributed by atoms with Gasteiger partial charge in [0.25, 0.3) is 0 Å². The van der Waals surface area contributed by atoms with Crippen LogP contribution in [-0.2, 0) is 13.0 Å². The number of halogens is 1. The quantitative estimate of drug-likeness (QED) is 0.586. The van der Waals surface area contributed by atoms with E-state index in [4.69, 9.17) is 11.6 Å². The molecule has 17 heavy (non-hydrogen) atoms. The maximum atomic E-state index is 6.50. The molecule has 0 saturated heterocycles. The van der Waals surface area contributed by atoms with E-state index in [0.29, 0.717) is 11.3 Å². The van der Waals surface area contributed by atoms with Gasteiger partial charge in [0.1, 0.15) is 5.82 Å². The van der Waals surface area contributed by atoms with Crippen molar-refractivity contribution in [3.63, 3.8) is 0 Å². The van der Waals surface area contributed by atoms with Gasteiger partial charge in [-0.3, -0.25) is 0 Å². The second-order valence-corrected chi connectivity index (χ2v) is 5.72. The van der Waals surface area contributed by atoms with Crippen LogP contribution in [0.4, 0.5) is 0 Å². The van der Waals surface area contributed by atoms with E-state index in [1.807, 2.05) is 6.20 Å². The molecule has 1 aliphatic carbocycles. The average Bonchev–Trinajstić information content (AvgIpc) is 2.64. The minimum atomic E-state index is 0.351. The molecule has 1 aromatic heterocycles. The summed E-state index contributed by atoms with van der Waals surface area (Å²) in [4.78, 5) is 4.50. The molecule has 3 heteroatoms. The van der Waals surface area contributed by atoms with E-state index >= 15 is 0 Å². The second-order valence-electron chi connectivity index (χ2n) is 5.16. The molecule has 0 aromatic carbocycles. The molecule has 2 unspecified atom stereocenters. The van der Waals surface area contributed by atoms with E-state index in [-0.39, 0.29) is 0 Å². The fourth-order valence-electron chi connectivity index (χ4n) is 2.78. The second kappa shape index (κ2) is 6.44. The highest BCUT2D eigenvalue weighted by Gasteiger charge is 2.23. The smallest absolute Gasteiger partial charge is 0.108 e. The van der Waals surface area contributed by atoms with Gasteiger partial charge in [0, 0.05) is 30.7 Å². The normalized spacial score (nSPS) is 25.8. The van der Waals surface area contributed by atoms with Gasteiger partial charge in [-0.2, -0.15) is 0 Å². The van der Waals surface area contributed by atoms with E-state index in [1.54, 1.807) is 0 Å². The molecule has 0 bridgehead atoms. The predicted molar refractivity (Wildman–Crippen MR) is 72.4 cm³/mol. The van der Waals surface area contributed by atoms with Gasteiger partial charge in [0.15, 0.2) is 0 Å². The zero-order valence-corrected chi connectivity index (χ0v) is 11.5. The molecule has 0 amide bonds. The number of hydrogen-bond donors (Lipinski definition) is 0. The van der Waals surface area contributed by atoms with E-state index in [0.717, 1.165) is 13.0 Å². The number of rotatable bonds is 4. The minimum Gasteiger partial charge on any atom is -0.335 e. The number of imidazole rings is 1. The van der Waals surface area contributed by atoms with Crippen LogP contribution >= 0.6 is 11.6 Å². The predicted octanol–water partition coefficient (Wildman–Crippen LogP) is 4.02. The summed E-state index contributed by atoms with van der Waals surface area (Å²) in [5.41, 5.74) is 0. The van der Waals surface area contributed by atoms with E-state index in [2.05, 4.69) is 22.7 Å². The standard InChI is InChI=1S/C14H23ClN2/c1-2-9-17-10-8-16-14(17)11-12-6-4-3-5-7-13(12)15/h8,10,12-13H,2-7,9,11H2,1H3. The monoisotopic (exact) mass is 254 g/mol. The fraction of sp³-hybridized carbons (Fsp3) is 0.786. The number of aromatic nitrogens is 2. The molecular weight excluding hydrogens is 232 g/mol. The SMILES string of the molecule is CCCn1ccnc1CC1CCCCCC1Cl. The maximum Gasteiger partial charge on any atom is 0.108 e. The van der Waals surface area contributed by atoms with E-state index in [9.17, 15) is 0 Å². The zero-order valence-electron chi connectivity index (χ0n) is 10.7. The van der Waals surface area contributed by atoms with Crippen LogP contribution in [0.3, 0.4) is 0 Å². The molecule has 96 valence electrons. The first-order chi connectivity index (χ1) is 8.31. The Balaban J connectivity index is 2.00. The van der Waals surface area contributed by atoms with Crippen molar-refractivity contribution in [1.29, 1.82) is 0 Å². The summed E-state index contributed by atoms with van der Waals surface area (Å²) in [6, 6.07) is 0. The van der Waals surface area contributed by atoms with Crippen LogP contribution in [-0.4, -0.2) is 14.9 Å². The molecule has 2 rings (SSSR count). The molecule has 0 radical (unpaired) electrons. The Morgan fingerprint density at radius 1 is 1.35 bits per heavy atom. The lowest BCUT2D eigenvalue weighted by molar-refractivity contribution is 0.443. The summed E-state index contributed by atoms with van der Waals surface area (Å²) in [5.74, 6) is 1.85. The van der Waals surface area contributed by atoms with Gasteiger partial charge >= 0.3 is 0 Å². The molecule has 1 heterocycles. The zero-order chi connectivity index (χ0) is 12.1. The third-order valence-corrected chi connectivity index (χ3v) is 4.35. The Bertz CT molecular complexity index is 335. The van der Waals surface area contributed by atoms with Crippen LogP contribution in [0.1, 0.15) is 51.3 Å². The molecule has 0 aliphatic heterocycles. The molecule has 1 saturated carbocycles. The summed E-state index contributed by atoms with van der Waals surface area (Å²) in [6.07, 6.45) is 12.7. The number of hydrogen-bond acceptors (Lipinski definition) is 1. The fourth-order valence-corrected chi connectivity index (χ4v) is 3.15. The first kappa shape index (κ1) is 12.9. The molecule has 2 nitrogen and oxygen atoms in total. The Morgan fingerprint density at radius 2 is 2.18 bits per heavy atom. The van der Waals surface area contributed by atoms with Crippen molar-refractivity contribution in [3.05, 3.63) is 18.2 Å². The third-order valence-electron chi connectivity index (χ3n) is 3.78. The third kappa shape index (κ3) is 3.48. The summed E-state index contributed by atoms with van der Waals surface area (Å²) in [7, 11) is 0. The molecule has 0 N–H and O–H groups in total. The van der Waals surface area contributed by atoms with Gasteiger partial charge in [-0.25, -0.2) is 4.98 Å². The van der Waals surface area contributed by atoms with Gasteiger partial charge in [0.2, 0.25) is 0 Å². The highest BCUT2D eigenvalue weighted by molar-refractivity contribution is 6.20. The summed E-state index contributed by atoms with van der Waals surface area (Å²) in [5, 5.41) is 0.351. The van der Waals surface area contributed by atoms with Gasteiger partial charge in [-0.05, 0) is 25.2 Å². The number of alkyl halides is 1.